The number of rotatable bonds is 5. The molecule has 0 aliphatic heterocycles. The predicted molar refractivity (Wildman–Crippen MR) is 78.0 cm³/mol. The van der Waals surface area contributed by atoms with Gasteiger partial charge in [0.1, 0.15) is 0 Å². The van der Waals surface area contributed by atoms with Crippen molar-refractivity contribution in [2.45, 2.75) is 38.6 Å². The summed E-state index contributed by atoms with van der Waals surface area (Å²) in [6.07, 6.45) is 6.48. The zero-order valence-corrected chi connectivity index (χ0v) is 12.2. The molecule has 106 valence electrons. The van der Waals surface area contributed by atoms with E-state index in [1.807, 2.05) is 12.1 Å². The molecule has 0 atom stereocenters. The first-order valence-electron chi connectivity index (χ1n) is 6.94. The molecule has 1 aliphatic carbocycles. The summed E-state index contributed by atoms with van der Waals surface area (Å²) in [5, 5.41) is 0.579. The van der Waals surface area contributed by atoms with Gasteiger partial charge in [0, 0.05) is 6.54 Å². The molecule has 0 saturated heterocycles. The first-order chi connectivity index (χ1) is 9.24. The maximum Gasteiger partial charge on any atom is 0.179 e. The van der Waals surface area contributed by atoms with E-state index in [-0.39, 0.29) is 0 Å². The smallest absolute Gasteiger partial charge is 0.179 e. The van der Waals surface area contributed by atoms with E-state index >= 15 is 0 Å². The van der Waals surface area contributed by atoms with E-state index in [0.29, 0.717) is 29.0 Å². The van der Waals surface area contributed by atoms with Crippen molar-refractivity contribution in [1.82, 2.24) is 0 Å². The minimum atomic E-state index is 0.443. The van der Waals surface area contributed by atoms with Crippen molar-refractivity contribution < 1.29 is 9.47 Å². The van der Waals surface area contributed by atoms with Crippen molar-refractivity contribution in [2.24, 2.45) is 11.7 Å². The quantitative estimate of drug-likeness (QED) is 0.895. The number of hydrogen-bond acceptors (Lipinski definition) is 3. The van der Waals surface area contributed by atoms with Crippen molar-refractivity contribution in [1.29, 1.82) is 0 Å². The molecule has 0 heterocycles. The van der Waals surface area contributed by atoms with Gasteiger partial charge in [-0.3, -0.25) is 0 Å². The molecule has 4 heteroatoms. The minimum absolute atomic E-state index is 0.443. The highest BCUT2D eigenvalue weighted by molar-refractivity contribution is 6.32. The monoisotopic (exact) mass is 283 g/mol. The van der Waals surface area contributed by atoms with E-state index in [1.165, 1.54) is 32.1 Å². The van der Waals surface area contributed by atoms with Gasteiger partial charge in [-0.05, 0) is 36.5 Å². The second kappa shape index (κ2) is 7.01. The molecule has 19 heavy (non-hydrogen) atoms. The summed E-state index contributed by atoms with van der Waals surface area (Å²) in [6.45, 7) is 1.16. The molecule has 1 aromatic rings. The third kappa shape index (κ3) is 3.77. The third-order valence-corrected chi connectivity index (χ3v) is 3.99. The Morgan fingerprint density at radius 3 is 2.63 bits per heavy atom. The van der Waals surface area contributed by atoms with E-state index < -0.39 is 0 Å². The normalized spacial score (nSPS) is 16.4. The Bertz CT molecular complexity index is 417. The molecule has 2 rings (SSSR count). The summed E-state index contributed by atoms with van der Waals surface area (Å²) in [6, 6.07) is 3.74. The fourth-order valence-corrected chi connectivity index (χ4v) is 2.87. The molecule has 0 spiro atoms. The lowest BCUT2D eigenvalue weighted by molar-refractivity contribution is 0.202. The number of halogens is 1. The summed E-state index contributed by atoms with van der Waals surface area (Å²) < 4.78 is 11.2. The highest BCUT2D eigenvalue weighted by Crippen LogP contribution is 2.37. The molecular formula is C15H22ClNO2. The SMILES string of the molecule is COc1cc(CN)cc(Cl)c1OCC1CCCCC1. The average molecular weight is 284 g/mol. The summed E-state index contributed by atoms with van der Waals surface area (Å²) in [5.74, 6) is 1.96. The number of benzene rings is 1. The molecule has 0 unspecified atom stereocenters. The highest BCUT2D eigenvalue weighted by Gasteiger charge is 2.17. The zero-order chi connectivity index (χ0) is 13.7. The summed E-state index contributed by atoms with van der Waals surface area (Å²) in [7, 11) is 1.62. The fraction of sp³-hybridized carbons (Fsp3) is 0.600. The molecule has 0 bridgehead atoms. The van der Waals surface area contributed by atoms with Gasteiger partial charge in [-0.25, -0.2) is 0 Å². The van der Waals surface area contributed by atoms with Gasteiger partial charge in [-0.2, -0.15) is 0 Å². The van der Waals surface area contributed by atoms with Gasteiger partial charge in [0.05, 0.1) is 18.7 Å². The number of hydrogen-bond donors (Lipinski definition) is 1. The van der Waals surface area contributed by atoms with Crippen LogP contribution in [0.15, 0.2) is 12.1 Å². The Kier molecular flexibility index (Phi) is 5.34. The molecule has 3 nitrogen and oxygen atoms in total. The molecule has 2 N–H and O–H groups in total. The largest absolute Gasteiger partial charge is 0.493 e. The Morgan fingerprint density at radius 2 is 2.00 bits per heavy atom. The first kappa shape index (κ1) is 14.5. The molecule has 0 radical (unpaired) electrons. The second-order valence-corrected chi connectivity index (χ2v) is 5.54. The molecule has 1 aliphatic rings. The van der Waals surface area contributed by atoms with Crippen molar-refractivity contribution in [3.63, 3.8) is 0 Å². The van der Waals surface area contributed by atoms with Crippen LogP contribution in [0.25, 0.3) is 0 Å². The zero-order valence-electron chi connectivity index (χ0n) is 11.5. The maximum atomic E-state index is 6.25. The predicted octanol–water partition coefficient (Wildman–Crippen LogP) is 3.77. The molecule has 1 saturated carbocycles. The Morgan fingerprint density at radius 1 is 1.26 bits per heavy atom. The summed E-state index contributed by atoms with van der Waals surface area (Å²) in [4.78, 5) is 0. The van der Waals surface area contributed by atoms with E-state index in [0.717, 1.165) is 12.2 Å². The first-order valence-corrected chi connectivity index (χ1v) is 7.31. The van der Waals surface area contributed by atoms with Gasteiger partial charge < -0.3 is 15.2 Å². The molecule has 1 fully saturated rings. The Labute approximate surface area is 120 Å². The van der Waals surface area contributed by atoms with E-state index in [2.05, 4.69) is 0 Å². The van der Waals surface area contributed by atoms with Gasteiger partial charge in [0.2, 0.25) is 0 Å². The van der Waals surface area contributed by atoms with Crippen molar-refractivity contribution in [3.05, 3.63) is 22.7 Å². The van der Waals surface area contributed by atoms with Gasteiger partial charge in [-0.1, -0.05) is 30.9 Å². The van der Waals surface area contributed by atoms with Gasteiger partial charge in [0.15, 0.2) is 11.5 Å². The van der Waals surface area contributed by atoms with Crippen LogP contribution < -0.4 is 15.2 Å². The number of nitrogens with two attached hydrogens (primary N) is 1. The van der Waals surface area contributed by atoms with Crippen LogP contribution in [-0.2, 0) is 6.54 Å². The van der Waals surface area contributed by atoms with Crippen LogP contribution in [0.1, 0.15) is 37.7 Å². The topological polar surface area (TPSA) is 44.5 Å². The number of methoxy groups -OCH3 is 1. The van der Waals surface area contributed by atoms with Crippen LogP contribution in [0.5, 0.6) is 11.5 Å². The lowest BCUT2D eigenvalue weighted by Gasteiger charge is -2.22. The molecule has 0 amide bonds. The Balaban J connectivity index is 2.05. The lowest BCUT2D eigenvalue weighted by atomic mass is 9.90. The fourth-order valence-electron chi connectivity index (χ4n) is 2.59. The van der Waals surface area contributed by atoms with Crippen LogP contribution >= 0.6 is 11.6 Å². The van der Waals surface area contributed by atoms with Crippen molar-refractivity contribution in [2.75, 3.05) is 13.7 Å². The third-order valence-electron chi connectivity index (χ3n) is 3.71. The Hall–Kier alpha value is -0.930. The highest BCUT2D eigenvalue weighted by atomic mass is 35.5. The minimum Gasteiger partial charge on any atom is -0.493 e. The van der Waals surface area contributed by atoms with Gasteiger partial charge >= 0.3 is 0 Å². The van der Waals surface area contributed by atoms with Crippen LogP contribution in [0.3, 0.4) is 0 Å². The molecule has 0 aromatic heterocycles. The standard InChI is InChI=1S/C15H22ClNO2/c1-18-14-8-12(9-17)7-13(16)15(14)19-10-11-5-3-2-4-6-11/h7-8,11H,2-6,9-10,17H2,1H3. The van der Waals surface area contributed by atoms with Gasteiger partial charge in [-0.15, -0.1) is 0 Å². The second-order valence-electron chi connectivity index (χ2n) is 5.13. The van der Waals surface area contributed by atoms with Crippen molar-refractivity contribution in [3.8, 4) is 11.5 Å². The van der Waals surface area contributed by atoms with Crippen molar-refractivity contribution >= 4 is 11.6 Å². The van der Waals surface area contributed by atoms with E-state index in [1.54, 1.807) is 7.11 Å². The van der Waals surface area contributed by atoms with E-state index in [9.17, 15) is 0 Å². The van der Waals surface area contributed by atoms with E-state index in [4.69, 9.17) is 26.8 Å². The van der Waals surface area contributed by atoms with Crippen LogP contribution in [0.2, 0.25) is 5.02 Å². The maximum absolute atomic E-state index is 6.25. The van der Waals surface area contributed by atoms with Crippen LogP contribution in [-0.4, -0.2) is 13.7 Å². The molecular weight excluding hydrogens is 262 g/mol. The van der Waals surface area contributed by atoms with Crippen LogP contribution in [0, 0.1) is 5.92 Å². The molecule has 1 aromatic carbocycles. The van der Waals surface area contributed by atoms with Crippen LogP contribution in [0.4, 0.5) is 0 Å². The lowest BCUT2D eigenvalue weighted by Crippen LogP contribution is -2.15. The summed E-state index contributed by atoms with van der Waals surface area (Å²) in [5.41, 5.74) is 6.58. The van der Waals surface area contributed by atoms with Gasteiger partial charge in [0.25, 0.3) is 0 Å². The summed E-state index contributed by atoms with van der Waals surface area (Å²) >= 11 is 6.25. The average Bonchev–Trinajstić information content (AvgIpc) is 2.46. The number of ether oxygens (including phenoxy) is 2.